The second-order valence-electron chi connectivity index (χ2n) is 4.45. The number of benzene rings is 2. The van der Waals surface area contributed by atoms with E-state index < -0.39 is 0 Å². The van der Waals surface area contributed by atoms with Crippen LogP contribution in [0.3, 0.4) is 0 Å². The number of carbonyl (C=O) groups is 1. The molecule has 0 aliphatic rings. The summed E-state index contributed by atoms with van der Waals surface area (Å²) in [6.07, 6.45) is 0. The molecule has 2 aromatic rings. The fourth-order valence-corrected chi connectivity index (χ4v) is 2.47. The summed E-state index contributed by atoms with van der Waals surface area (Å²) >= 11 is 3.45. The Balaban J connectivity index is 2.55. The molecule has 0 aliphatic carbocycles. The van der Waals surface area contributed by atoms with Crippen molar-refractivity contribution in [2.45, 2.75) is 6.92 Å². The fraction of sp³-hybridized carbons (Fsp3) is 0.188. The molecule has 0 spiro atoms. The number of methoxy groups -OCH3 is 1. The summed E-state index contributed by atoms with van der Waals surface area (Å²) in [7, 11) is 3.56. The summed E-state index contributed by atoms with van der Waals surface area (Å²) in [5.74, 6) is 0.804. The van der Waals surface area contributed by atoms with Gasteiger partial charge in [0.25, 0.3) is 0 Å². The van der Waals surface area contributed by atoms with E-state index in [-0.39, 0.29) is 5.78 Å². The Bertz CT molecular complexity index is 640. The number of hydrogen-bond acceptors (Lipinski definition) is 3. The first-order valence-corrected chi connectivity index (χ1v) is 7.01. The minimum atomic E-state index is 0.0363. The molecule has 0 saturated heterocycles. The van der Waals surface area contributed by atoms with E-state index in [1.54, 1.807) is 14.0 Å². The summed E-state index contributed by atoms with van der Waals surface area (Å²) in [5, 5.41) is 0. The molecule has 0 N–H and O–H groups in total. The highest BCUT2D eigenvalue weighted by Crippen LogP contribution is 2.35. The van der Waals surface area contributed by atoms with Gasteiger partial charge in [-0.2, -0.15) is 0 Å². The van der Waals surface area contributed by atoms with Crippen LogP contribution in [0.4, 0.5) is 11.4 Å². The van der Waals surface area contributed by atoms with Gasteiger partial charge in [-0.15, -0.1) is 0 Å². The molecule has 4 heteroatoms. The zero-order valence-electron chi connectivity index (χ0n) is 11.7. The smallest absolute Gasteiger partial charge is 0.161 e. The maximum Gasteiger partial charge on any atom is 0.161 e. The van der Waals surface area contributed by atoms with Gasteiger partial charge in [-0.1, -0.05) is 28.1 Å². The summed E-state index contributed by atoms with van der Waals surface area (Å²) in [6, 6.07) is 13.4. The molecular weight excluding hydrogens is 318 g/mol. The van der Waals surface area contributed by atoms with Crippen molar-refractivity contribution < 1.29 is 9.53 Å². The number of Topliss-reactive ketones (excluding diaryl/α,β-unsaturated/α-hetero) is 1. The molecule has 0 bridgehead atoms. The quantitative estimate of drug-likeness (QED) is 0.775. The van der Waals surface area contributed by atoms with E-state index in [9.17, 15) is 4.79 Å². The van der Waals surface area contributed by atoms with Crippen LogP contribution >= 0.6 is 15.9 Å². The van der Waals surface area contributed by atoms with Crippen molar-refractivity contribution in [3.05, 3.63) is 52.5 Å². The fourth-order valence-electron chi connectivity index (χ4n) is 2.12. The second kappa shape index (κ2) is 6.09. The van der Waals surface area contributed by atoms with Gasteiger partial charge in [0.1, 0.15) is 5.75 Å². The number of para-hydroxylation sites is 2. The normalized spacial score (nSPS) is 10.2. The van der Waals surface area contributed by atoms with Crippen molar-refractivity contribution in [2.24, 2.45) is 0 Å². The van der Waals surface area contributed by atoms with Crippen LogP contribution in [0.15, 0.2) is 46.9 Å². The largest absolute Gasteiger partial charge is 0.495 e. The van der Waals surface area contributed by atoms with E-state index in [0.717, 1.165) is 21.6 Å². The van der Waals surface area contributed by atoms with Gasteiger partial charge in [0.2, 0.25) is 0 Å². The second-order valence-corrected chi connectivity index (χ2v) is 5.36. The number of ketones is 1. The Labute approximate surface area is 127 Å². The summed E-state index contributed by atoms with van der Waals surface area (Å²) in [5.41, 5.74) is 2.44. The van der Waals surface area contributed by atoms with Gasteiger partial charge < -0.3 is 9.64 Å². The SMILES string of the molecule is COc1ccccc1N(C)c1cc(Br)ccc1C(C)=O. The molecule has 20 heavy (non-hydrogen) atoms. The third kappa shape index (κ3) is 2.85. The van der Waals surface area contributed by atoms with Crippen molar-refractivity contribution in [3.63, 3.8) is 0 Å². The molecule has 0 saturated carbocycles. The molecule has 0 aliphatic heterocycles. The van der Waals surface area contributed by atoms with E-state index in [0.29, 0.717) is 5.56 Å². The molecule has 0 fully saturated rings. The van der Waals surface area contributed by atoms with Crippen molar-refractivity contribution in [1.29, 1.82) is 0 Å². The molecule has 104 valence electrons. The van der Waals surface area contributed by atoms with Crippen LogP contribution in [-0.4, -0.2) is 19.9 Å². The van der Waals surface area contributed by atoms with Gasteiger partial charge in [0.05, 0.1) is 18.5 Å². The molecule has 2 rings (SSSR count). The highest BCUT2D eigenvalue weighted by atomic mass is 79.9. The number of rotatable bonds is 4. The van der Waals surface area contributed by atoms with E-state index in [1.807, 2.05) is 54.4 Å². The molecule has 0 amide bonds. The number of ether oxygens (including phenoxy) is 1. The molecule has 0 atom stereocenters. The molecule has 0 unspecified atom stereocenters. The van der Waals surface area contributed by atoms with Gasteiger partial charge in [0, 0.05) is 17.1 Å². The Morgan fingerprint density at radius 2 is 1.85 bits per heavy atom. The lowest BCUT2D eigenvalue weighted by molar-refractivity contribution is 0.101. The van der Waals surface area contributed by atoms with Gasteiger partial charge in [-0.05, 0) is 37.3 Å². The predicted octanol–water partition coefficient (Wildman–Crippen LogP) is 4.43. The van der Waals surface area contributed by atoms with Crippen LogP contribution in [-0.2, 0) is 0 Å². The van der Waals surface area contributed by atoms with Crippen molar-refractivity contribution in [1.82, 2.24) is 0 Å². The monoisotopic (exact) mass is 333 g/mol. The average Bonchev–Trinajstić information content (AvgIpc) is 2.46. The van der Waals surface area contributed by atoms with E-state index in [4.69, 9.17) is 4.74 Å². The van der Waals surface area contributed by atoms with Crippen molar-refractivity contribution in [3.8, 4) is 5.75 Å². The van der Waals surface area contributed by atoms with Gasteiger partial charge in [-0.3, -0.25) is 4.79 Å². The number of carbonyl (C=O) groups excluding carboxylic acids is 1. The standard InChI is InChI=1S/C16H16BrNO2/c1-11(19)13-9-8-12(17)10-15(13)18(2)14-6-4-5-7-16(14)20-3/h4-10H,1-3H3. The maximum atomic E-state index is 11.8. The van der Waals surface area contributed by atoms with Crippen LogP contribution in [0.5, 0.6) is 5.75 Å². The molecular formula is C16H16BrNO2. The molecule has 0 heterocycles. The van der Waals surface area contributed by atoms with Crippen LogP contribution in [0.2, 0.25) is 0 Å². The number of nitrogens with zero attached hydrogens (tertiary/aromatic N) is 1. The third-order valence-electron chi connectivity index (χ3n) is 3.15. The lowest BCUT2D eigenvalue weighted by Crippen LogP contribution is -2.14. The predicted molar refractivity (Wildman–Crippen MR) is 85.2 cm³/mol. The van der Waals surface area contributed by atoms with Crippen LogP contribution in [0.25, 0.3) is 0 Å². The van der Waals surface area contributed by atoms with Crippen molar-refractivity contribution in [2.75, 3.05) is 19.1 Å². The summed E-state index contributed by atoms with van der Waals surface area (Å²) in [4.78, 5) is 13.8. The van der Waals surface area contributed by atoms with Gasteiger partial charge in [0.15, 0.2) is 5.78 Å². The highest BCUT2D eigenvalue weighted by molar-refractivity contribution is 9.10. The Hall–Kier alpha value is -1.81. The van der Waals surface area contributed by atoms with Crippen LogP contribution in [0, 0.1) is 0 Å². The Kier molecular flexibility index (Phi) is 4.45. The van der Waals surface area contributed by atoms with Crippen molar-refractivity contribution >= 4 is 33.1 Å². The molecule has 0 radical (unpaired) electrons. The molecule has 2 aromatic carbocycles. The Morgan fingerprint density at radius 3 is 2.50 bits per heavy atom. The van der Waals surface area contributed by atoms with E-state index in [1.165, 1.54) is 0 Å². The molecule has 0 aromatic heterocycles. The zero-order valence-corrected chi connectivity index (χ0v) is 13.3. The van der Waals surface area contributed by atoms with E-state index in [2.05, 4.69) is 15.9 Å². The van der Waals surface area contributed by atoms with Crippen LogP contribution in [0.1, 0.15) is 17.3 Å². The highest BCUT2D eigenvalue weighted by Gasteiger charge is 2.15. The Morgan fingerprint density at radius 1 is 1.15 bits per heavy atom. The maximum absolute atomic E-state index is 11.8. The summed E-state index contributed by atoms with van der Waals surface area (Å²) < 4.78 is 6.31. The first-order valence-electron chi connectivity index (χ1n) is 6.22. The van der Waals surface area contributed by atoms with E-state index >= 15 is 0 Å². The topological polar surface area (TPSA) is 29.5 Å². The minimum absolute atomic E-state index is 0.0363. The average molecular weight is 334 g/mol. The minimum Gasteiger partial charge on any atom is -0.495 e. The first kappa shape index (κ1) is 14.6. The number of halogens is 1. The lowest BCUT2D eigenvalue weighted by atomic mass is 10.1. The summed E-state index contributed by atoms with van der Waals surface area (Å²) in [6.45, 7) is 1.57. The van der Waals surface area contributed by atoms with Gasteiger partial charge >= 0.3 is 0 Å². The van der Waals surface area contributed by atoms with Crippen LogP contribution < -0.4 is 9.64 Å². The number of hydrogen-bond donors (Lipinski definition) is 0. The third-order valence-corrected chi connectivity index (χ3v) is 3.64. The first-order chi connectivity index (χ1) is 9.54. The lowest BCUT2D eigenvalue weighted by Gasteiger charge is -2.24. The number of anilines is 2. The van der Waals surface area contributed by atoms with Gasteiger partial charge in [-0.25, -0.2) is 0 Å². The molecule has 3 nitrogen and oxygen atoms in total. The zero-order chi connectivity index (χ0) is 14.7.